The molecule has 1 fully saturated rings. The number of aryl methyl sites for hydroxylation is 1. The summed E-state index contributed by atoms with van der Waals surface area (Å²) in [5, 5.41) is 3.81. The number of likely N-dealkylation sites (tertiary alicyclic amines) is 1. The highest BCUT2D eigenvalue weighted by atomic mass is 15.2. The van der Waals surface area contributed by atoms with E-state index in [0.717, 1.165) is 32.6 Å². The van der Waals surface area contributed by atoms with Crippen LogP contribution < -0.4 is 5.32 Å². The number of hydrogen-bond donors (Lipinski definition) is 1. The summed E-state index contributed by atoms with van der Waals surface area (Å²) in [6.07, 6.45) is 11.2. The minimum absolute atomic E-state index is 0.473. The van der Waals surface area contributed by atoms with Crippen molar-refractivity contribution in [1.82, 2.24) is 24.8 Å². The van der Waals surface area contributed by atoms with Gasteiger partial charge in [-0.15, -0.1) is 0 Å². The molecule has 1 aliphatic rings. The third-order valence-electron chi connectivity index (χ3n) is 4.85. The molecule has 2 aromatic rings. The average Bonchev–Trinajstić information content (AvgIpc) is 3.04. The minimum Gasteiger partial charge on any atom is -0.333 e. The van der Waals surface area contributed by atoms with E-state index < -0.39 is 0 Å². The molecule has 1 atom stereocenters. The Morgan fingerprint density at radius 2 is 1.96 bits per heavy atom. The summed E-state index contributed by atoms with van der Waals surface area (Å²) < 4.78 is 2.27. The van der Waals surface area contributed by atoms with Crippen LogP contribution in [0.2, 0.25) is 0 Å². The van der Waals surface area contributed by atoms with Gasteiger partial charge in [-0.05, 0) is 50.6 Å². The Hall–Kier alpha value is -1.72. The van der Waals surface area contributed by atoms with Crippen LogP contribution in [-0.2, 0) is 19.5 Å². The molecule has 5 nitrogen and oxygen atoms in total. The van der Waals surface area contributed by atoms with Crippen molar-refractivity contribution in [2.75, 3.05) is 13.1 Å². The molecule has 1 unspecified atom stereocenters. The first-order valence-corrected chi connectivity index (χ1v) is 9.12. The molecule has 0 bridgehead atoms. The molecule has 0 saturated carbocycles. The molecule has 0 radical (unpaired) electrons. The van der Waals surface area contributed by atoms with Gasteiger partial charge in [-0.2, -0.15) is 0 Å². The standard InChI is InChI=1S/C19H29N5/c1-3-19-21-10-13-24(19)14-16(2)22-18-6-11-23(12-7-18)15-17-4-8-20-9-5-17/h4-5,8-10,13,16,18,22H,3,6-7,11-12,14-15H2,1-2H3. The Balaban J connectivity index is 1.42. The highest BCUT2D eigenvalue weighted by Crippen LogP contribution is 2.14. The molecule has 130 valence electrons. The van der Waals surface area contributed by atoms with Crippen molar-refractivity contribution in [3.8, 4) is 0 Å². The third-order valence-corrected chi connectivity index (χ3v) is 4.85. The number of nitrogens with one attached hydrogen (secondary N) is 1. The van der Waals surface area contributed by atoms with Crippen LogP contribution in [0.4, 0.5) is 0 Å². The summed E-state index contributed by atoms with van der Waals surface area (Å²) in [6.45, 7) is 8.81. The van der Waals surface area contributed by atoms with Crippen molar-refractivity contribution in [2.45, 2.75) is 58.3 Å². The maximum absolute atomic E-state index is 4.41. The van der Waals surface area contributed by atoms with Gasteiger partial charge < -0.3 is 9.88 Å². The fourth-order valence-electron chi connectivity index (χ4n) is 3.57. The molecule has 3 rings (SSSR count). The normalized spacial score (nSPS) is 17.9. The van der Waals surface area contributed by atoms with E-state index in [1.165, 1.54) is 24.2 Å². The zero-order valence-corrected chi connectivity index (χ0v) is 14.9. The molecule has 0 amide bonds. The molecule has 0 spiro atoms. The van der Waals surface area contributed by atoms with Crippen LogP contribution in [0, 0.1) is 0 Å². The Kier molecular flexibility index (Phi) is 5.99. The molecule has 1 saturated heterocycles. The van der Waals surface area contributed by atoms with Crippen molar-refractivity contribution in [1.29, 1.82) is 0 Å². The molecular formula is C19H29N5. The van der Waals surface area contributed by atoms with E-state index in [4.69, 9.17) is 0 Å². The Morgan fingerprint density at radius 1 is 1.21 bits per heavy atom. The van der Waals surface area contributed by atoms with Crippen LogP contribution in [0.3, 0.4) is 0 Å². The van der Waals surface area contributed by atoms with Crippen LogP contribution in [0.15, 0.2) is 36.9 Å². The van der Waals surface area contributed by atoms with E-state index in [0.29, 0.717) is 12.1 Å². The third kappa shape index (κ3) is 4.65. The number of hydrogen-bond acceptors (Lipinski definition) is 4. The molecule has 5 heteroatoms. The molecule has 2 aromatic heterocycles. The van der Waals surface area contributed by atoms with E-state index in [2.05, 4.69) is 56.9 Å². The second-order valence-electron chi connectivity index (χ2n) is 6.82. The smallest absolute Gasteiger partial charge is 0.108 e. The lowest BCUT2D eigenvalue weighted by Gasteiger charge is -2.34. The quantitative estimate of drug-likeness (QED) is 0.849. The van der Waals surface area contributed by atoms with E-state index in [1.54, 1.807) is 0 Å². The fraction of sp³-hybridized carbons (Fsp3) is 0.579. The molecule has 3 heterocycles. The Morgan fingerprint density at radius 3 is 2.67 bits per heavy atom. The molecular weight excluding hydrogens is 298 g/mol. The van der Waals surface area contributed by atoms with E-state index in [1.807, 2.05) is 18.6 Å². The topological polar surface area (TPSA) is 46.0 Å². The summed E-state index contributed by atoms with van der Waals surface area (Å²) in [6, 6.07) is 5.33. The second-order valence-corrected chi connectivity index (χ2v) is 6.82. The van der Waals surface area contributed by atoms with Gasteiger partial charge >= 0.3 is 0 Å². The zero-order chi connectivity index (χ0) is 16.8. The Bertz CT molecular complexity index is 601. The number of nitrogens with zero attached hydrogens (tertiary/aromatic N) is 4. The minimum atomic E-state index is 0.473. The lowest BCUT2D eigenvalue weighted by Crippen LogP contribution is -2.46. The lowest BCUT2D eigenvalue weighted by molar-refractivity contribution is 0.183. The molecule has 0 aromatic carbocycles. The maximum atomic E-state index is 4.41. The summed E-state index contributed by atoms with van der Waals surface area (Å²) in [5.74, 6) is 1.18. The van der Waals surface area contributed by atoms with Gasteiger partial charge in [-0.25, -0.2) is 4.98 Å². The van der Waals surface area contributed by atoms with Crippen molar-refractivity contribution in [2.24, 2.45) is 0 Å². The van der Waals surface area contributed by atoms with Gasteiger partial charge in [0.25, 0.3) is 0 Å². The van der Waals surface area contributed by atoms with Crippen molar-refractivity contribution < 1.29 is 0 Å². The number of aromatic nitrogens is 3. The van der Waals surface area contributed by atoms with Gasteiger partial charge in [-0.3, -0.25) is 9.88 Å². The molecule has 1 aliphatic heterocycles. The summed E-state index contributed by atoms with van der Waals surface area (Å²) >= 11 is 0. The predicted octanol–water partition coefficient (Wildman–Crippen LogP) is 2.48. The second kappa shape index (κ2) is 8.40. The zero-order valence-electron chi connectivity index (χ0n) is 14.9. The molecule has 0 aliphatic carbocycles. The predicted molar refractivity (Wildman–Crippen MR) is 96.7 cm³/mol. The van der Waals surface area contributed by atoms with Gasteiger partial charge in [0.15, 0.2) is 0 Å². The van der Waals surface area contributed by atoms with E-state index in [9.17, 15) is 0 Å². The summed E-state index contributed by atoms with van der Waals surface area (Å²) in [5.41, 5.74) is 1.36. The monoisotopic (exact) mass is 327 g/mol. The van der Waals surface area contributed by atoms with Gasteiger partial charge in [0.05, 0.1) is 0 Å². The summed E-state index contributed by atoms with van der Waals surface area (Å²) in [4.78, 5) is 11.0. The highest BCUT2D eigenvalue weighted by Gasteiger charge is 2.20. The van der Waals surface area contributed by atoms with Gasteiger partial charge in [0.1, 0.15) is 5.82 Å². The van der Waals surface area contributed by atoms with Crippen LogP contribution in [0.5, 0.6) is 0 Å². The van der Waals surface area contributed by atoms with Crippen LogP contribution in [-0.4, -0.2) is 44.6 Å². The van der Waals surface area contributed by atoms with E-state index >= 15 is 0 Å². The summed E-state index contributed by atoms with van der Waals surface area (Å²) in [7, 11) is 0. The number of rotatable bonds is 7. The largest absolute Gasteiger partial charge is 0.333 e. The number of imidazole rings is 1. The van der Waals surface area contributed by atoms with Crippen LogP contribution in [0.25, 0.3) is 0 Å². The fourth-order valence-corrected chi connectivity index (χ4v) is 3.57. The van der Waals surface area contributed by atoms with Gasteiger partial charge in [-0.1, -0.05) is 6.92 Å². The first-order valence-electron chi connectivity index (χ1n) is 9.12. The highest BCUT2D eigenvalue weighted by molar-refractivity contribution is 5.09. The first kappa shape index (κ1) is 17.1. The lowest BCUT2D eigenvalue weighted by atomic mass is 10.0. The van der Waals surface area contributed by atoms with Crippen molar-refractivity contribution in [3.63, 3.8) is 0 Å². The maximum Gasteiger partial charge on any atom is 0.108 e. The Labute approximate surface area is 145 Å². The van der Waals surface area contributed by atoms with Gasteiger partial charge in [0, 0.05) is 56.4 Å². The van der Waals surface area contributed by atoms with E-state index in [-0.39, 0.29) is 0 Å². The SMILES string of the molecule is CCc1nccn1CC(C)NC1CCN(Cc2ccncc2)CC1. The molecule has 1 N–H and O–H groups in total. The van der Waals surface area contributed by atoms with Crippen LogP contribution >= 0.6 is 0 Å². The van der Waals surface area contributed by atoms with Gasteiger partial charge in [0.2, 0.25) is 0 Å². The number of pyridine rings is 1. The number of piperidine rings is 1. The first-order chi connectivity index (χ1) is 11.7. The average molecular weight is 327 g/mol. The van der Waals surface area contributed by atoms with Crippen LogP contribution in [0.1, 0.15) is 38.1 Å². The molecule has 24 heavy (non-hydrogen) atoms. The van der Waals surface area contributed by atoms with Crippen molar-refractivity contribution in [3.05, 3.63) is 48.3 Å². The van der Waals surface area contributed by atoms with Crippen molar-refractivity contribution >= 4 is 0 Å².